The van der Waals surface area contributed by atoms with Gasteiger partial charge >= 0.3 is 0 Å². The minimum Gasteiger partial charge on any atom is -0.361 e. The predicted octanol–water partition coefficient (Wildman–Crippen LogP) is 1.82. The van der Waals surface area contributed by atoms with Crippen LogP contribution in [0.1, 0.15) is 18.2 Å². The van der Waals surface area contributed by atoms with E-state index in [1.165, 1.54) is 6.08 Å². The number of hydrogen-bond donors (Lipinski definition) is 1. The summed E-state index contributed by atoms with van der Waals surface area (Å²) in [7, 11) is 0. The highest BCUT2D eigenvalue weighted by atomic mass is 16.6. The van der Waals surface area contributed by atoms with Gasteiger partial charge in [-0.1, -0.05) is 6.92 Å². The number of aromatic amines is 1. The molecule has 1 aromatic rings. The van der Waals surface area contributed by atoms with Crippen molar-refractivity contribution in [1.29, 1.82) is 0 Å². The third kappa shape index (κ3) is 1.95. The average Bonchev–Trinajstić information content (AvgIpc) is 2.47. The van der Waals surface area contributed by atoms with Gasteiger partial charge in [-0.2, -0.15) is 0 Å². The summed E-state index contributed by atoms with van der Waals surface area (Å²) in [4.78, 5) is 12.4. The number of H-pyrrole nitrogens is 1. The minimum absolute atomic E-state index is 0.472. The maximum Gasteiger partial charge on any atom is 0.236 e. The van der Waals surface area contributed by atoms with E-state index in [1.807, 2.05) is 13.0 Å². The zero-order valence-electron chi connectivity index (χ0n) is 6.78. The Kier molecular flexibility index (Phi) is 2.63. The van der Waals surface area contributed by atoms with Crippen LogP contribution in [-0.4, -0.2) is 9.91 Å². The third-order valence-corrected chi connectivity index (χ3v) is 1.61. The van der Waals surface area contributed by atoms with Crippen LogP contribution in [0.4, 0.5) is 0 Å². The molecular formula is C8H10N2O2. The molecule has 0 radical (unpaired) electrons. The highest BCUT2D eigenvalue weighted by Crippen LogP contribution is 2.08. The van der Waals surface area contributed by atoms with E-state index in [0.717, 1.165) is 23.9 Å². The lowest BCUT2D eigenvalue weighted by atomic mass is 10.2. The van der Waals surface area contributed by atoms with Crippen LogP contribution in [0.5, 0.6) is 0 Å². The number of rotatable bonds is 3. The van der Waals surface area contributed by atoms with Crippen LogP contribution in [0.2, 0.25) is 0 Å². The molecule has 0 fully saturated rings. The van der Waals surface area contributed by atoms with Crippen molar-refractivity contribution in [3.05, 3.63) is 39.8 Å². The van der Waals surface area contributed by atoms with Gasteiger partial charge in [0.05, 0.1) is 4.92 Å². The molecule has 64 valence electrons. The first kappa shape index (κ1) is 8.52. The lowest BCUT2D eigenvalue weighted by Gasteiger charge is -1.90. The summed E-state index contributed by atoms with van der Waals surface area (Å²) in [6.07, 6.45) is 5.06. The van der Waals surface area contributed by atoms with E-state index in [1.54, 1.807) is 6.20 Å². The smallest absolute Gasteiger partial charge is 0.236 e. The van der Waals surface area contributed by atoms with Crippen molar-refractivity contribution in [2.45, 2.75) is 13.3 Å². The van der Waals surface area contributed by atoms with E-state index in [9.17, 15) is 10.1 Å². The van der Waals surface area contributed by atoms with Gasteiger partial charge in [0.25, 0.3) is 0 Å². The molecule has 4 heteroatoms. The van der Waals surface area contributed by atoms with Crippen LogP contribution >= 0.6 is 0 Å². The normalized spacial score (nSPS) is 10.8. The SMILES string of the molecule is CCc1cc[nH]c1C=C[N+](=O)[O-]. The molecule has 1 heterocycles. The molecule has 0 unspecified atom stereocenters. The molecule has 0 aliphatic heterocycles. The topological polar surface area (TPSA) is 58.9 Å². The molecule has 0 saturated carbocycles. The van der Waals surface area contributed by atoms with Gasteiger partial charge in [0, 0.05) is 18.0 Å². The molecule has 0 atom stereocenters. The Morgan fingerprint density at radius 2 is 2.50 bits per heavy atom. The van der Waals surface area contributed by atoms with E-state index in [2.05, 4.69) is 4.98 Å². The lowest BCUT2D eigenvalue weighted by molar-refractivity contribution is -0.401. The molecule has 12 heavy (non-hydrogen) atoms. The molecule has 4 nitrogen and oxygen atoms in total. The maximum absolute atomic E-state index is 10.00. The molecule has 0 aromatic carbocycles. The molecule has 0 bridgehead atoms. The predicted molar refractivity (Wildman–Crippen MR) is 46.2 cm³/mol. The van der Waals surface area contributed by atoms with E-state index >= 15 is 0 Å². The fourth-order valence-corrected chi connectivity index (χ4v) is 1.01. The second-order valence-corrected chi connectivity index (χ2v) is 2.37. The fraction of sp³-hybridized carbons (Fsp3) is 0.250. The monoisotopic (exact) mass is 166 g/mol. The van der Waals surface area contributed by atoms with Gasteiger partial charge in [0.2, 0.25) is 6.20 Å². The van der Waals surface area contributed by atoms with Crippen molar-refractivity contribution in [3.63, 3.8) is 0 Å². The second kappa shape index (κ2) is 3.71. The van der Waals surface area contributed by atoms with Gasteiger partial charge in [-0.05, 0) is 18.1 Å². The Bertz CT molecular complexity index is 302. The zero-order valence-corrected chi connectivity index (χ0v) is 6.78. The van der Waals surface area contributed by atoms with Crippen molar-refractivity contribution in [2.75, 3.05) is 0 Å². The first-order valence-electron chi connectivity index (χ1n) is 3.72. The van der Waals surface area contributed by atoms with Crippen molar-refractivity contribution in [1.82, 2.24) is 4.98 Å². The summed E-state index contributed by atoms with van der Waals surface area (Å²) in [5.41, 5.74) is 1.90. The molecule has 0 saturated heterocycles. The van der Waals surface area contributed by atoms with Gasteiger partial charge in [-0.15, -0.1) is 0 Å². The maximum atomic E-state index is 10.00. The van der Waals surface area contributed by atoms with Gasteiger partial charge in [0.1, 0.15) is 0 Å². The number of nitrogens with one attached hydrogen (secondary N) is 1. The van der Waals surface area contributed by atoms with Crippen LogP contribution in [0.3, 0.4) is 0 Å². The second-order valence-electron chi connectivity index (χ2n) is 2.37. The number of hydrogen-bond acceptors (Lipinski definition) is 2. The minimum atomic E-state index is -0.472. The first-order valence-corrected chi connectivity index (χ1v) is 3.72. The van der Waals surface area contributed by atoms with Crippen molar-refractivity contribution in [3.8, 4) is 0 Å². The standard InChI is InChI=1S/C8H10N2O2/c1-2-7-3-5-9-8(7)4-6-10(11)12/h3-6,9H,2H2,1H3. The molecule has 1 rings (SSSR count). The van der Waals surface area contributed by atoms with Gasteiger partial charge in [-0.3, -0.25) is 10.1 Å². The molecule has 1 N–H and O–H groups in total. The van der Waals surface area contributed by atoms with Gasteiger partial charge in [0.15, 0.2) is 0 Å². The Balaban J connectivity index is 2.81. The van der Waals surface area contributed by atoms with Gasteiger partial charge < -0.3 is 4.98 Å². The number of aromatic nitrogens is 1. The Hall–Kier alpha value is -1.58. The molecular weight excluding hydrogens is 156 g/mol. The zero-order chi connectivity index (χ0) is 8.97. The number of nitro groups is 1. The number of aryl methyl sites for hydroxylation is 1. The lowest BCUT2D eigenvalue weighted by Crippen LogP contribution is -1.85. The van der Waals surface area contributed by atoms with Crippen molar-refractivity contribution >= 4 is 6.08 Å². The van der Waals surface area contributed by atoms with Crippen LogP contribution in [0, 0.1) is 10.1 Å². The summed E-state index contributed by atoms with van der Waals surface area (Å²) >= 11 is 0. The summed E-state index contributed by atoms with van der Waals surface area (Å²) in [5, 5.41) is 10.00. The summed E-state index contributed by atoms with van der Waals surface area (Å²) in [6.45, 7) is 2.01. The Morgan fingerprint density at radius 3 is 3.08 bits per heavy atom. The van der Waals surface area contributed by atoms with Crippen molar-refractivity contribution in [2.24, 2.45) is 0 Å². The van der Waals surface area contributed by atoms with E-state index in [4.69, 9.17) is 0 Å². The summed E-state index contributed by atoms with van der Waals surface area (Å²) < 4.78 is 0. The fourth-order valence-electron chi connectivity index (χ4n) is 1.01. The van der Waals surface area contributed by atoms with Crippen LogP contribution in [0.15, 0.2) is 18.5 Å². The van der Waals surface area contributed by atoms with Crippen LogP contribution in [0.25, 0.3) is 6.08 Å². The largest absolute Gasteiger partial charge is 0.361 e. The highest BCUT2D eigenvalue weighted by Gasteiger charge is 1.98. The molecule has 0 aliphatic rings. The van der Waals surface area contributed by atoms with Gasteiger partial charge in [-0.25, -0.2) is 0 Å². The first-order chi connectivity index (χ1) is 5.74. The van der Waals surface area contributed by atoms with E-state index in [0.29, 0.717) is 0 Å². The van der Waals surface area contributed by atoms with Crippen LogP contribution < -0.4 is 0 Å². The molecule has 0 spiro atoms. The third-order valence-electron chi connectivity index (χ3n) is 1.61. The van der Waals surface area contributed by atoms with Crippen LogP contribution in [-0.2, 0) is 6.42 Å². The average molecular weight is 166 g/mol. The quantitative estimate of drug-likeness (QED) is 0.550. The molecule has 0 aliphatic carbocycles. The van der Waals surface area contributed by atoms with E-state index in [-0.39, 0.29) is 0 Å². The summed E-state index contributed by atoms with van der Waals surface area (Å²) in [5.74, 6) is 0. The Morgan fingerprint density at radius 1 is 1.75 bits per heavy atom. The summed E-state index contributed by atoms with van der Waals surface area (Å²) in [6, 6.07) is 1.92. The molecule has 0 amide bonds. The number of nitrogens with zero attached hydrogens (tertiary/aromatic N) is 1. The van der Waals surface area contributed by atoms with Crippen molar-refractivity contribution < 1.29 is 4.92 Å². The highest BCUT2D eigenvalue weighted by molar-refractivity contribution is 5.48. The molecule has 1 aromatic heterocycles. The Labute approximate surface area is 70.1 Å². The van der Waals surface area contributed by atoms with E-state index < -0.39 is 4.92 Å².